The Morgan fingerprint density at radius 3 is 2.48 bits per heavy atom. The van der Waals surface area contributed by atoms with E-state index in [0.29, 0.717) is 33.7 Å². The molecule has 0 atom stereocenters. The Hall–Kier alpha value is -3.38. The molecule has 1 saturated heterocycles. The lowest BCUT2D eigenvalue weighted by molar-refractivity contribution is 0.0688. The molecule has 168 valence electrons. The Bertz CT molecular complexity index is 1310. The van der Waals surface area contributed by atoms with Gasteiger partial charge in [0.05, 0.1) is 18.5 Å². The fourth-order valence-electron chi connectivity index (χ4n) is 4.26. The first kappa shape index (κ1) is 21.5. The third-order valence-corrected chi connectivity index (χ3v) is 6.49. The first-order valence-corrected chi connectivity index (χ1v) is 11.5. The minimum Gasteiger partial charge on any atom is -0.496 e. The molecule has 4 aromatic rings. The summed E-state index contributed by atoms with van der Waals surface area (Å²) in [6.07, 6.45) is 2.02. The lowest BCUT2D eigenvalue weighted by Gasteiger charge is -2.30. The number of methoxy groups -OCH3 is 1. The molecule has 33 heavy (non-hydrogen) atoms. The van der Waals surface area contributed by atoms with E-state index in [1.54, 1.807) is 11.6 Å². The highest BCUT2D eigenvalue weighted by molar-refractivity contribution is 6.30. The van der Waals surface area contributed by atoms with Crippen LogP contribution in [0, 0.1) is 5.92 Å². The van der Waals surface area contributed by atoms with Gasteiger partial charge in [0, 0.05) is 35.3 Å². The highest BCUT2D eigenvalue weighted by Crippen LogP contribution is 2.31. The van der Waals surface area contributed by atoms with Crippen molar-refractivity contribution in [3.8, 4) is 28.3 Å². The molecule has 0 spiro atoms. The molecule has 0 radical (unpaired) electrons. The van der Waals surface area contributed by atoms with Crippen molar-refractivity contribution in [2.24, 2.45) is 5.92 Å². The maximum absolute atomic E-state index is 13.6. The number of benzene rings is 2. The first-order valence-electron chi connectivity index (χ1n) is 11.1. The van der Waals surface area contributed by atoms with Gasteiger partial charge in [-0.1, -0.05) is 42.8 Å². The number of carbonyl (C=O) groups excluding carboxylic acids is 1. The SMILES string of the molecule is COc1ccccc1-c1cc(C(=O)N2CCC(C)CC2)n2nc(-c3ccc(Cl)cc3)cc2n1. The van der Waals surface area contributed by atoms with E-state index in [-0.39, 0.29) is 5.91 Å². The molecule has 0 saturated carbocycles. The molecule has 5 rings (SSSR count). The van der Waals surface area contributed by atoms with Crippen LogP contribution in [0.1, 0.15) is 30.3 Å². The van der Waals surface area contributed by atoms with Crippen LogP contribution in [0.5, 0.6) is 5.75 Å². The second-order valence-corrected chi connectivity index (χ2v) is 8.94. The van der Waals surface area contributed by atoms with Crippen LogP contribution in [-0.4, -0.2) is 45.6 Å². The summed E-state index contributed by atoms with van der Waals surface area (Å²) in [5.74, 6) is 1.31. The zero-order chi connectivity index (χ0) is 22.9. The van der Waals surface area contributed by atoms with E-state index in [9.17, 15) is 4.79 Å². The molecule has 7 heteroatoms. The van der Waals surface area contributed by atoms with Crippen LogP contribution < -0.4 is 4.74 Å². The van der Waals surface area contributed by atoms with Gasteiger partial charge in [0.1, 0.15) is 11.4 Å². The number of hydrogen-bond acceptors (Lipinski definition) is 4. The average molecular weight is 461 g/mol. The molecule has 1 fully saturated rings. The molecule has 2 aromatic carbocycles. The molecule has 0 aliphatic carbocycles. The summed E-state index contributed by atoms with van der Waals surface area (Å²) in [5.41, 5.74) is 4.26. The summed E-state index contributed by atoms with van der Waals surface area (Å²) in [5, 5.41) is 5.41. The predicted octanol–water partition coefficient (Wildman–Crippen LogP) is 5.60. The molecule has 0 bridgehead atoms. The molecular weight excluding hydrogens is 436 g/mol. The highest BCUT2D eigenvalue weighted by atomic mass is 35.5. The largest absolute Gasteiger partial charge is 0.496 e. The van der Waals surface area contributed by atoms with Crippen molar-refractivity contribution in [1.29, 1.82) is 0 Å². The van der Waals surface area contributed by atoms with Gasteiger partial charge in [0.25, 0.3) is 5.91 Å². The molecular formula is C26H25ClN4O2. The van der Waals surface area contributed by atoms with Crippen LogP contribution in [0.15, 0.2) is 60.7 Å². The van der Waals surface area contributed by atoms with Crippen molar-refractivity contribution in [3.63, 3.8) is 0 Å². The van der Waals surface area contributed by atoms with E-state index in [2.05, 4.69) is 6.92 Å². The number of halogens is 1. The first-order chi connectivity index (χ1) is 16.0. The van der Waals surface area contributed by atoms with Gasteiger partial charge in [-0.25, -0.2) is 9.50 Å². The van der Waals surface area contributed by atoms with Crippen molar-refractivity contribution < 1.29 is 9.53 Å². The number of amides is 1. The van der Waals surface area contributed by atoms with Crippen molar-refractivity contribution in [2.75, 3.05) is 20.2 Å². The smallest absolute Gasteiger partial charge is 0.272 e. The molecule has 2 aromatic heterocycles. The van der Waals surface area contributed by atoms with Gasteiger partial charge in [-0.15, -0.1) is 0 Å². The Labute approximate surface area is 197 Å². The quantitative estimate of drug-likeness (QED) is 0.398. The maximum atomic E-state index is 13.6. The summed E-state index contributed by atoms with van der Waals surface area (Å²) in [6, 6.07) is 18.9. The molecule has 1 amide bonds. The summed E-state index contributed by atoms with van der Waals surface area (Å²) < 4.78 is 7.21. The zero-order valence-corrected chi connectivity index (χ0v) is 19.4. The number of likely N-dealkylation sites (tertiary alicyclic amines) is 1. The summed E-state index contributed by atoms with van der Waals surface area (Å²) in [6.45, 7) is 3.73. The van der Waals surface area contributed by atoms with Crippen molar-refractivity contribution in [1.82, 2.24) is 19.5 Å². The maximum Gasteiger partial charge on any atom is 0.272 e. The predicted molar refractivity (Wildman–Crippen MR) is 130 cm³/mol. The van der Waals surface area contributed by atoms with Gasteiger partial charge < -0.3 is 9.64 Å². The van der Waals surface area contributed by atoms with Gasteiger partial charge in [0.2, 0.25) is 0 Å². The van der Waals surface area contributed by atoms with E-state index in [1.807, 2.05) is 65.6 Å². The van der Waals surface area contributed by atoms with Gasteiger partial charge >= 0.3 is 0 Å². The molecule has 3 heterocycles. The number of piperidine rings is 1. The van der Waals surface area contributed by atoms with Crippen molar-refractivity contribution >= 4 is 23.2 Å². The minimum atomic E-state index is -0.0313. The molecule has 6 nitrogen and oxygen atoms in total. The fraction of sp³-hybridized carbons (Fsp3) is 0.269. The van der Waals surface area contributed by atoms with E-state index in [0.717, 1.165) is 42.8 Å². The number of ether oxygens (including phenoxy) is 1. The second-order valence-electron chi connectivity index (χ2n) is 8.51. The number of nitrogens with zero attached hydrogens (tertiary/aromatic N) is 4. The monoisotopic (exact) mass is 460 g/mol. The number of aromatic nitrogens is 3. The molecule has 0 N–H and O–H groups in total. The van der Waals surface area contributed by atoms with Crippen LogP contribution >= 0.6 is 11.6 Å². The van der Waals surface area contributed by atoms with Crippen LogP contribution in [0.4, 0.5) is 0 Å². The lowest BCUT2D eigenvalue weighted by atomic mass is 9.99. The van der Waals surface area contributed by atoms with Crippen molar-refractivity contribution in [3.05, 3.63) is 71.4 Å². The van der Waals surface area contributed by atoms with Gasteiger partial charge in [-0.3, -0.25) is 4.79 Å². The summed E-state index contributed by atoms with van der Waals surface area (Å²) >= 11 is 6.06. The third-order valence-electron chi connectivity index (χ3n) is 6.24. The van der Waals surface area contributed by atoms with Gasteiger partial charge in [0.15, 0.2) is 5.65 Å². The van der Waals surface area contributed by atoms with Crippen LogP contribution in [0.2, 0.25) is 5.02 Å². The summed E-state index contributed by atoms with van der Waals surface area (Å²) in [4.78, 5) is 20.4. The molecule has 1 aliphatic rings. The van der Waals surface area contributed by atoms with Crippen LogP contribution in [0.25, 0.3) is 28.2 Å². The number of fused-ring (bicyclic) bond motifs is 1. The minimum absolute atomic E-state index is 0.0313. The van der Waals surface area contributed by atoms with E-state index in [1.165, 1.54) is 0 Å². The Morgan fingerprint density at radius 2 is 1.76 bits per heavy atom. The van der Waals surface area contributed by atoms with Gasteiger partial charge in [-0.05, 0) is 49.1 Å². The molecule has 0 unspecified atom stereocenters. The third kappa shape index (κ3) is 4.18. The van der Waals surface area contributed by atoms with Gasteiger partial charge in [-0.2, -0.15) is 5.10 Å². The topological polar surface area (TPSA) is 59.7 Å². The Balaban J connectivity index is 1.66. The zero-order valence-electron chi connectivity index (χ0n) is 18.7. The second kappa shape index (κ2) is 8.87. The van der Waals surface area contributed by atoms with Crippen molar-refractivity contribution in [2.45, 2.75) is 19.8 Å². The molecule has 1 aliphatic heterocycles. The van der Waals surface area contributed by atoms with Crippen LogP contribution in [-0.2, 0) is 0 Å². The fourth-order valence-corrected chi connectivity index (χ4v) is 4.38. The highest BCUT2D eigenvalue weighted by Gasteiger charge is 2.25. The average Bonchev–Trinajstić information content (AvgIpc) is 3.28. The Kier molecular flexibility index (Phi) is 5.77. The Morgan fingerprint density at radius 1 is 1.03 bits per heavy atom. The van der Waals surface area contributed by atoms with Crippen LogP contribution in [0.3, 0.4) is 0 Å². The standard InChI is InChI=1S/C26H25ClN4O2/c1-17-11-13-30(14-12-17)26(32)23-15-22(20-5-3-4-6-24(20)33-2)28-25-16-21(29-31(23)25)18-7-9-19(27)10-8-18/h3-10,15-17H,11-14H2,1-2H3. The normalized spacial score (nSPS) is 14.6. The number of para-hydroxylation sites is 1. The summed E-state index contributed by atoms with van der Waals surface area (Å²) in [7, 11) is 1.63. The number of carbonyl (C=O) groups is 1. The number of hydrogen-bond donors (Lipinski definition) is 0. The van der Waals surface area contributed by atoms with E-state index >= 15 is 0 Å². The van der Waals surface area contributed by atoms with E-state index in [4.69, 9.17) is 26.4 Å². The lowest BCUT2D eigenvalue weighted by Crippen LogP contribution is -2.38. The van der Waals surface area contributed by atoms with E-state index < -0.39 is 0 Å². The number of rotatable bonds is 4.